The second-order valence-electron chi connectivity index (χ2n) is 7.97. The average Bonchev–Trinajstić information content (AvgIpc) is 2.80. The quantitative estimate of drug-likeness (QED) is 0.286. The second kappa shape index (κ2) is 19.1. The number of piperidine rings is 1. The maximum absolute atomic E-state index is 12.2. The zero-order valence-corrected chi connectivity index (χ0v) is 19.7. The molecule has 4 heteroatoms. The number of carboxylic acids is 1. The van der Waals surface area contributed by atoms with Gasteiger partial charge in [-0.1, -0.05) is 79.8 Å². The Morgan fingerprint density at radius 2 is 1.25 bits per heavy atom. The van der Waals surface area contributed by atoms with Crippen molar-refractivity contribution in [1.29, 1.82) is 0 Å². The standard InChI is InChI=1S/C28H41NO3/c1-2-3-4-5-6-7-8-9-10-11-12-13-14-15-16-17-18-19-20-23-27(30)29-24-21-22-26(25-29)28(31)32/h3-4,6-7,9-10,12-13,15-16,18-19,26H,2,5,8,11,14,17,20-25H2,1H3,(H,31,32)/b4-3-,7-6-,10-9-,13-12-,16-15-,19-18-. The smallest absolute Gasteiger partial charge is 0.308 e. The largest absolute Gasteiger partial charge is 0.481 e. The molecule has 1 N–H and O–H groups in total. The van der Waals surface area contributed by atoms with E-state index in [-0.39, 0.29) is 5.91 Å². The van der Waals surface area contributed by atoms with Crippen LogP contribution in [0.4, 0.5) is 0 Å². The third-order valence-corrected chi connectivity index (χ3v) is 5.24. The van der Waals surface area contributed by atoms with E-state index in [9.17, 15) is 9.59 Å². The summed E-state index contributed by atoms with van der Waals surface area (Å²) in [6.45, 7) is 3.19. The van der Waals surface area contributed by atoms with Crippen molar-refractivity contribution < 1.29 is 14.7 Å². The number of hydrogen-bond acceptors (Lipinski definition) is 2. The van der Waals surface area contributed by atoms with Gasteiger partial charge in [0.05, 0.1) is 5.92 Å². The van der Waals surface area contributed by atoms with Gasteiger partial charge < -0.3 is 10.0 Å². The molecular formula is C28H41NO3. The van der Waals surface area contributed by atoms with E-state index in [2.05, 4.69) is 73.8 Å². The Hall–Kier alpha value is -2.62. The van der Waals surface area contributed by atoms with Gasteiger partial charge in [-0.2, -0.15) is 0 Å². The van der Waals surface area contributed by atoms with Gasteiger partial charge in [0.1, 0.15) is 0 Å². The van der Waals surface area contributed by atoms with E-state index in [1.807, 2.05) is 6.08 Å². The maximum Gasteiger partial charge on any atom is 0.308 e. The summed E-state index contributed by atoms with van der Waals surface area (Å²) < 4.78 is 0. The molecule has 4 nitrogen and oxygen atoms in total. The van der Waals surface area contributed by atoms with Crippen LogP contribution in [-0.2, 0) is 9.59 Å². The summed E-state index contributed by atoms with van der Waals surface area (Å²) in [5.74, 6) is -1.13. The Bertz CT molecular complexity index is 697. The Labute approximate surface area is 194 Å². The van der Waals surface area contributed by atoms with E-state index in [1.165, 1.54) is 0 Å². The first-order chi connectivity index (χ1) is 15.6. The number of amides is 1. The van der Waals surface area contributed by atoms with Crippen LogP contribution in [0, 0.1) is 5.92 Å². The molecule has 1 aliphatic rings. The van der Waals surface area contributed by atoms with Gasteiger partial charge >= 0.3 is 5.97 Å². The Kier molecular flexibility index (Phi) is 16.4. The zero-order chi connectivity index (χ0) is 23.3. The van der Waals surface area contributed by atoms with Crippen molar-refractivity contribution in [3.63, 3.8) is 0 Å². The molecule has 0 saturated carbocycles. The molecule has 176 valence electrons. The topological polar surface area (TPSA) is 57.6 Å². The van der Waals surface area contributed by atoms with Gasteiger partial charge in [0.2, 0.25) is 5.91 Å². The fraction of sp³-hybridized carbons (Fsp3) is 0.500. The van der Waals surface area contributed by atoms with Crippen molar-refractivity contribution in [2.75, 3.05) is 13.1 Å². The second-order valence-corrected chi connectivity index (χ2v) is 7.97. The van der Waals surface area contributed by atoms with Crippen LogP contribution in [0.1, 0.15) is 71.1 Å². The molecule has 0 aliphatic carbocycles. The van der Waals surface area contributed by atoms with E-state index in [0.29, 0.717) is 32.4 Å². The number of hydrogen-bond donors (Lipinski definition) is 1. The van der Waals surface area contributed by atoms with Gasteiger partial charge in [-0.05, 0) is 57.8 Å². The highest BCUT2D eigenvalue weighted by Gasteiger charge is 2.27. The molecule has 0 bridgehead atoms. The predicted octanol–water partition coefficient (Wildman–Crippen LogP) is 6.79. The number of rotatable bonds is 15. The number of aliphatic carboxylic acids is 1. The number of allylic oxidation sites excluding steroid dienone is 12. The van der Waals surface area contributed by atoms with E-state index in [4.69, 9.17) is 5.11 Å². The van der Waals surface area contributed by atoms with Crippen LogP contribution in [-0.4, -0.2) is 35.0 Å². The van der Waals surface area contributed by atoms with Crippen LogP contribution in [0.3, 0.4) is 0 Å². The van der Waals surface area contributed by atoms with Crippen molar-refractivity contribution in [3.05, 3.63) is 72.9 Å². The lowest BCUT2D eigenvalue weighted by atomic mass is 9.98. The molecule has 0 spiro atoms. The molecule has 1 heterocycles. The van der Waals surface area contributed by atoms with Gasteiger partial charge in [0, 0.05) is 19.5 Å². The molecule has 1 atom stereocenters. The van der Waals surface area contributed by atoms with E-state index in [1.54, 1.807) is 4.90 Å². The van der Waals surface area contributed by atoms with Crippen molar-refractivity contribution >= 4 is 11.9 Å². The fourth-order valence-electron chi connectivity index (χ4n) is 3.41. The minimum absolute atomic E-state index is 0.0653. The summed E-state index contributed by atoms with van der Waals surface area (Å²) in [5.41, 5.74) is 0. The first-order valence-corrected chi connectivity index (χ1v) is 12.1. The first-order valence-electron chi connectivity index (χ1n) is 12.1. The summed E-state index contributed by atoms with van der Waals surface area (Å²) >= 11 is 0. The van der Waals surface area contributed by atoms with Crippen LogP contribution in [0.15, 0.2) is 72.9 Å². The Morgan fingerprint density at radius 1 is 0.781 bits per heavy atom. The fourth-order valence-corrected chi connectivity index (χ4v) is 3.41. The highest BCUT2D eigenvalue weighted by Crippen LogP contribution is 2.17. The summed E-state index contributed by atoms with van der Waals surface area (Å²) in [4.78, 5) is 25.0. The predicted molar refractivity (Wildman–Crippen MR) is 134 cm³/mol. The third kappa shape index (κ3) is 14.4. The van der Waals surface area contributed by atoms with Gasteiger partial charge in [0.15, 0.2) is 0 Å². The first kappa shape index (κ1) is 27.4. The van der Waals surface area contributed by atoms with Crippen LogP contribution in [0.5, 0.6) is 0 Å². The van der Waals surface area contributed by atoms with Crippen molar-refractivity contribution in [2.24, 2.45) is 5.92 Å². The van der Waals surface area contributed by atoms with Crippen LogP contribution in [0.25, 0.3) is 0 Å². The van der Waals surface area contributed by atoms with Crippen molar-refractivity contribution in [2.45, 2.75) is 71.1 Å². The van der Waals surface area contributed by atoms with Crippen LogP contribution >= 0.6 is 0 Å². The highest BCUT2D eigenvalue weighted by atomic mass is 16.4. The lowest BCUT2D eigenvalue weighted by molar-refractivity contribution is -0.145. The lowest BCUT2D eigenvalue weighted by Crippen LogP contribution is -2.42. The minimum Gasteiger partial charge on any atom is -0.481 e. The molecule has 32 heavy (non-hydrogen) atoms. The summed E-state index contributed by atoms with van der Waals surface area (Å²) in [6, 6.07) is 0. The normalized spacial score (nSPS) is 17.9. The molecule has 0 aromatic carbocycles. The molecule has 1 rings (SSSR count). The molecule has 0 radical (unpaired) electrons. The zero-order valence-electron chi connectivity index (χ0n) is 19.7. The molecule has 1 saturated heterocycles. The lowest BCUT2D eigenvalue weighted by Gasteiger charge is -2.30. The third-order valence-electron chi connectivity index (χ3n) is 5.24. The number of carbonyl (C=O) groups excluding carboxylic acids is 1. The monoisotopic (exact) mass is 439 g/mol. The molecule has 1 aliphatic heterocycles. The van der Waals surface area contributed by atoms with Gasteiger partial charge in [0.25, 0.3) is 0 Å². The van der Waals surface area contributed by atoms with Gasteiger partial charge in [-0.3, -0.25) is 9.59 Å². The van der Waals surface area contributed by atoms with E-state index < -0.39 is 11.9 Å². The number of nitrogens with zero attached hydrogens (tertiary/aromatic N) is 1. The number of carboxylic acid groups (broad SMARTS) is 1. The Morgan fingerprint density at radius 3 is 1.72 bits per heavy atom. The Balaban J connectivity index is 2.03. The van der Waals surface area contributed by atoms with E-state index in [0.717, 1.165) is 44.9 Å². The minimum atomic E-state index is -0.792. The van der Waals surface area contributed by atoms with E-state index >= 15 is 0 Å². The molecule has 1 fully saturated rings. The van der Waals surface area contributed by atoms with Crippen LogP contribution in [0.2, 0.25) is 0 Å². The maximum atomic E-state index is 12.2. The SMILES string of the molecule is CC/C=C\C/C=C\C/C=C\C/C=C\C/C=C\C/C=C\CCC(=O)N1CCCC(C(=O)O)C1. The number of likely N-dealkylation sites (tertiary alicyclic amines) is 1. The molecular weight excluding hydrogens is 398 g/mol. The van der Waals surface area contributed by atoms with Crippen molar-refractivity contribution in [1.82, 2.24) is 4.90 Å². The number of carbonyl (C=O) groups is 2. The van der Waals surface area contributed by atoms with Crippen molar-refractivity contribution in [3.8, 4) is 0 Å². The molecule has 0 aromatic heterocycles. The molecule has 0 aromatic rings. The average molecular weight is 440 g/mol. The van der Waals surface area contributed by atoms with Gasteiger partial charge in [-0.25, -0.2) is 0 Å². The summed E-state index contributed by atoms with van der Waals surface area (Å²) in [7, 11) is 0. The molecule has 1 amide bonds. The van der Waals surface area contributed by atoms with Gasteiger partial charge in [-0.15, -0.1) is 0 Å². The van der Waals surface area contributed by atoms with Crippen LogP contribution < -0.4 is 0 Å². The summed E-state index contributed by atoms with van der Waals surface area (Å²) in [6.07, 6.45) is 34.5. The summed E-state index contributed by atoms with van der Waals surface area (Å²) in [5, 5.41) is 9.12. The molecule has 1 unspecified atom stereocenters. The highest BCUT2D eigenvalue weighted by molar-refractivity contribution is 5.78.